The zero-order valence-electron chi connectivity index (χ0n) is 31.3. The van der Waals surface area contributed by atoms with Gasteiger partial charge in [-0.2, -0.15) is 0 Å². The van der Waals surface area contributed by atoms with Crippen molar-refractivity contribution in [1.82, 2.24) is 4.90 Å². The van der Waals surface area contributed by atoms with Gasteiger partial charge >= 0.3 is 0 Å². The summed E-state index contributed by atoms with van der Waals surface area (Å²) in [4.78, 5) is 20.6. The molecule has 2 aromatic rings. The molecule has 0 radical (unpaired) electrons. The minimum Gasteiger partial charge on any atom is -0.319 e. The molecule has 0 spiro atoms. The maximum atomic E-state index is 13.4. The van der Waals surface area contributed by atoms with Gasteiger partial charge in [0.15, 0.2) is 0 Å². The Kier molecular flexibility index (Phi) is 10.4. The molecule has 4 nitrogen and oxygen atoms in total. The van der Waals surface area contributed by atoms with Crippen molar-refractivity contribution in [2.75, 3.05) is 16.3 Å². The Labute approximate surface area is 298 Å². The number of allylic oxidation sites excluding steroid dienone is 2. The van der Waals surface area contributed by atoms with Gasteiger partial charge in [-0.05, 0) is 138 Å². The third kappa shape index (κ3) is 6.93. The minimum absolute atomic E-state index is 0.198. The predicted octanol–water partition coefficient (Wildman–Crippen LogP) is 11.8. The van der Waals surface area contributed by atoms with E-state index in [9.17, 15) is 4.79 Å². The second-order valence-corrected chi connectivity index (χ2v) is 19.0. The predicted molar refractivity (Wildman–Crippen MR) is 210 cm³/mol. The third-order valence-electron chi connectivity index (χ3n) is 12.2. The van der Waals surface area contributed by atoms with Crippen LogP contribution >= 0.6 is 7.92 Å². The van der Waals surface area contributed by atoms with E-state index in [0.29, 0.717) is 18.0 Å². The first kappa shape index (κ1) is 34.6. The van der Waals surface area contributed by atoms with Gasteiger partial charge in [-0.3, -0.25) is 4.79 Å². The van der Waals surface area contributed by atoms with Crippen molar-refractivity contribution in [3.63, 3.8) is 0 Å². The highest BCUT2D eigenvalue weighted by Crippen LogP contribution is 2.64. The Morgan fingerprint density at radius 3 is 1.55 bits per heavy atom. The van der Waals surface area contributed by atoms with Crippen LogP contribution in [0.3, 0.4) is 0 Å². The fourth-order valence-corrected chi connectivity index (χ4v) is 14.9. The summed E-state index contributed by atoms with van der Waals surface area (Å²) in [5, 5.41) is 0. The van der Waals surface area contributed by atoms with Crippen molar-refractivity contribution in [2.45, 2.75) is 155 Å². The smallest absolute Gasteiger partial charge is 0.226 e. The highest BCUT2D eigenvalue weighted by molar-refractivity contribution is 7.60. The van der Waals surface area contributed by atoms with Crippen molar-refractivity contribution in [3.05, 3.63) is 93.2 Å². The van der Waals surface area contributed by atoms with E-state index in [4.69, 9.17) is 0 Å². The Bertz CT molecular complexity index is 1520. The van der Waals surface area contributed by atoms with E-state index in [1.807, 2.05) is 0 Å². The molecule has 5 heteroatoms. The number of hydrogen-bond acceptors (Lipinski definition) is 3. The Morgan fingerprint density at radius 1 is 0.612 bits per heavy atom. The zero-order chi connectivity index (χ0) is 34.2. The van der Waals surface area contributed by atoms with Crippen molar-refractivity contribution in [1.29, 1.82) is 0 Å². The summed E-state index contributed by atoms with van der Waals surface area (Å²) < 4.78 is 0. The summed E-state index contributed by atoms with van der Waals surface area (Å²) in [6, 6.07) is 9.38. The number of carbonyl (C=O) groups is 1. The molecule has 1 amide bonds. The molecule has 2 heterocycles. The first-order valence-electron chi connectivity index (χ1n) is 19.7. The summed E-state index contributed by atoms with van der Waals surface area (Å²) in [5.74, 6) is 1.62. The van der Waals surface area contributed by atoms with Crippen LogP contribution in [0.1, 0.15) is 130 Å². The highest BCUT2D eigenvalue weighted by atomic mass is 31.1. The largest absolute Gasteiger partial charge is 0.319 e. The molecule has 4 fully saturated rings. The second kappa shape index (κ2) is 14.8. The second-order valence-electron chi connectivity index (χ2n) is 16.0. The molecule has 3 aliphatic carbocycles. The van der Waals surface area contributed by atoms with E-state index in [1.54, 1.807) is 0 Å². The van der Waals surface area contributed by atoms with Gasteiger partial charge in [0.2, 0.25) is 5.91 Å². The topological polar surface area (TPSA) is 26.8 Å². The lowest BCUT2D eigenvalue weighted by molar-refractivity contribution is -0.125. The molecule has 49 heavy (non-hydrogen) atoms. The van der Waals surface area contributed by atoms with Gasteiger partial charge in [-0.1, -0.05) is 81.8 Å². The first-order valence-corrected chi connectivity index (χ1v) is 21.2. The van der Waals surface area contributed by atoms with Gasteiger partial charge in [0.25, 0.3) is 0 Å². The van der Waals surface area contributed by atoms with E-state index in [-0.39, 0.29) is 7.92 Å². The van der Waals surface area contributed by atoms with Crippen molar-refractivity contribution < 1.29 is 4.79 Å². The average Bonchev–Trinajstić information content (AvgIpc) is 3.67. The summed E-state index contributed by atoms with van der Waals surface area (Å²) in [6.45, 7) is 14.4. The van der Waals surface area contributed by atoms with Crippen LogP contribution in [-0.2, 0) is 4.79 Å². The molecule has 5 aliphatic rings. The molecule has 1 saturated heterocycles. The highest BCUT2D eigenvalue weighted by Gasteiger charge is 2.42. The SMILES string of the molecule is Cc1cc(C)c(N2C=CN(c3c(C)cc(C)cc3C)C2=C2CCCC(P(C3CCCCC3)C3CCCCC3)C2=CN2CCCC2=O)c(C)c1. The normalized spacial score (nSPS) is 23.7. The molecule has 7 rings (SSSR count). The van der Waals surface area contributed by atoms with Crippen molar-refractivity contribution >= 4 is 25.2 Å². The van der Waals surface area contributed by atoms with Crippen LogP contribution in [0.15, 0.2) is 59.8 Å². The number of anilines is 2. The Morgan fingerprint density at radius 2 is 1.10 bits per heavy atom. The van der Waals surface area contributed by atoms with Gasteiger partial charge < -0.3 is 14.7 Å². The van der Waals surface area contributed by atoms with Gasteiger partial charge in [0, 0.05) is 37.2 Å². The van der Waals surface area contributed by atoms with Crippen LogP contribution in [0, 0.1) is 41.5 Å². The zero-order valence-corrected chi connectivity index (χ0v) is 32.2. The maximum absolute atomic E-state index is 13.4. The molecular weight excluding hydrogens is 617 g/mol. The molecule has 1 atom stereocenters. The number of benzene rings is 2. The van der Waals surface area contributed by atoms with E-state index in [0.717, 1.165) is 30.7 Å². The lowest BCUT2D eigenvalue weighted by Crippen LogP contribution is -2.34. The fourth-order valence-electron chi connectivity index (χ4n) is 10.4. The summed E-state index contributed by atoms with van der Waals surface area (Å²) >= 11 is 0. The molecule has 1 unspecified atom stereocenters. The standard InChI is InChI=1S/C44H60N3OP/c1-30-25-32(3)42(33(4)26-30)46-23-24-47(43-34(5)27-31(2)28-35(43)6)44(46)38-19-13-20-40(39(38)29-45-22-14-21-41(45)48)49(36-15-9-7-10-16-36)37-17-11-8-12-18-37/h23-29,36-37,40H,7-22H2,1-6H3. The molecule has 2 aliphatic heterocycles. The molecular formula is C44H60N3OP. The van der Waals surface area contributed by atoms with Gasteiger partial charge in [0.05, 0.1) is 11.4 Å². The van der Waals surface area contributed by atoms with Crippen LogP contribution in [0.5, 0.6) is 0 Å². The van der Waals surface area contributed by atoms with E-state index in [1.165, 1.54) is 139 Å². The molecule has 0 aromatic heterocycles. The minimum atomic E-state index is -0.198. The number of aryl methyl sites for hydroxylation is 6. The monoisotopic (exact) mass is 677 g/mol. The molecule has 2 aromatic carbocycles. The number of amides is 1. The Balaban J connectivity index is 1.45. The van der Waals surface area contributed by atoms with Crippen LogP contribution < -0.4 is 9.80 Å². The lowest BCUT2D eigenvalue weighted by atomic mass is 9.88. The Hall–Kier alpha value is -2.84. The molecule has 0 N–H and O–H groups in total. The number of nitrogens with zero attached hydrogens (tertiary/aromatic N) is 3. The van der Waals surface area contributed by atoms with Crippen LogP contribution in [-0.4, -0.2) is 34.3 Å². The molecule has 0 bridgehead atoms. The van der Waals surface area contributed by atoms with Crippen LogP contribution in [0.25, 0.3) is 0 Å². The first-order chi connectivity index (χ1) is 23.7. The van der Waals surface area contributed by atoms with E-state index < -0.39 is 0 Å². The quantitative estimate of drug-likeness (QED) is 0.285. The third-order valence-corrected chi connectivity index (χ3v) is 16.2. The average molecular weight is 678 g/mol. The van der Waals surface area contributed by atoms with E-state index >= 15 is 0 Å². The lowest BCUT2D eigenvalue weighted by Gasteiger charge is -2.46. The van der Waals surface area contributed by atoms with Gasteiger partial charge in [-0.15, -0.1) is 0 Å². The van der Waals surface area contributed by atoms with Crippen molar-refractivity contribution in [2.24, 2.45) is 0 Å². The summed E-state index contributed by atoms with van der Waals surface area (Å²) in [6.07, 6.45) is 26.4. The summed E-state index contributed by atoms with van der Waals surface area (Å²) in [7, 11) is -0.198. The van der Waals surface area contributed by atoms with Gasteiger partial charge in [-0.25, -0.2) is 0 Å². The molecule has 262 valence electrons. The fraction of sp³-hybridized carbons (Fsp3) is 0.568. The number of carbonyl (C=O) groups excluding carboxylic acids is 1. The molecule has 3 saturated carbocycles. The van der Waals surface area contributed by atoms with Crippen LogP contribution in [0.2, 0.25) is 0 Å². The number of hydrogen-bond donors (Lipinski definition) is 0. The van der Waals surface area contributed by atoms with Crippen molar-refractivity contribution in [3.8, 4) is 0 Å². The van der Waals surface area contributed by atoms with E-state index in [2.05, 4.69) is 99.1 Å². The number of rotatable bonds is 6. The summed E-state index contributed by atoms with van der Waals surface area (Å²) in [5.41, 5.74) is 15.8. The van der Waals surface area contributed by atoms with Crippen LogP contribution in [0.4, 0.5) is 11.4 Å². The maximum Gasteiger partial charge on any atom is 0.226 e. The number of likely N-dealkylation sites (tertiary alicyclic amines) is 1. The van der Waals surface area contributed by atoms with Gasteiger partial charge in [0.1, 0.15) is 5.82 Å².